The van der Waals surface area contributed by atoms with Crippen molar-refractivity contribution in [2.24, 2.45) is 0 Å². The average molecular weight is 507 g/mol. The molecular formula is C18H30N5O10P. The Morgan fingerprint density at radius 3 is 2.44 bits per heavy atom. The molecule has 5 N–H and O–H groups in total. The Balaban J connectivity index is 1.32. The fourth-order valence-corrected chi connectivity index (χ4v) is 3.85. The SMILES string of the molecule is Nc1ncnc2c1ncn2[C@H]1CC(O)[C@@H](COP(=O)(O)OCCOCCOCCOCCO)O1. The number of rotatable bonds is 16. The number of anilines is 1. The van der Waals surface area contributed by atoms with Gasteiger partial charge in [0.15, 0.2) is 11.5 Å². The van der Waals surface area contributed by atoms with Crippen LogP contribution in [-0.2, 0) is 32.6 Å². The second-order valence-corrected chi connectivity index (χ2v) is 8.63. The largest absolute Gasteiger partial charge is 0.472 e. The molecular weight excluding hydrogens is 477 g/mol. The number of nitrogens with zero attached hydrogens (tertiary/aromatic N) is 4. The van der Waals surface area contributed by atoms with E-state index in [1.165, 1.54) is 12.7 Å². The number of hydrogen-bond acceptors (Lipinski definition) is 13. The molecule has 2 unspecified atom stereocenters. The van der Waals surface area contributed by atoms with Crippen LogP contribution in [0, 0.1) is 0 Å². The molecule has 4 atom stereocenters. The quantitative estimate of drug-likeness (QED) is 0.163. The molecule has 0 radical (unpaired) electrons. The van der Waals surface area contributed by atoms with Gasteiger partial charge in [-0.15, -0.1) is 0 Å². The van der Waals surface area contributed by atoms with Crippen molar-refractivity contribution in [1.82, 2.24) is 19.5 Å². The number of hydrogen-bond donors (Lipinski definition) is 4. The first-order valence-electron chi connectivity index (χ1n) is 10.6. The Morgan fingerprint density at radius 2 is 1.74 bits per heavy atom. The van der Waals surface area contributed by atoms with Crippen LogP contribution in [0.2, 0.25) is 0 Å². The maximum absolute atomic E-state index is 12.1. The van der Waals surface area contributed by atoms with Gasteiger partial charge in [-0.2, -0.15) is 0 Å². The fraction of sp³-hybridized carbons (Fsp3) is 0.722. The van der Waals surface area contributed by atoms with Gasteiger partial charge in [0.2, 0.25) is 0 Å². The maximum Gasteiger partial charge on any atom is 0.472 e. The van der Waals surface area contributed by atoms with Gasteiger partial charge in [0.05, 0.1) is 71.9 Å². The summed E-state index contributed by atoms with van der Waals surface area (Å²) in [4.78, 5) is 22.0. The molecule has 0 aromatic carbocycles. The maximum atomic E-state index is 12.1. The fourth-order valence-electron chi connectivity index (χ4n) is 3.14. The van der Waals surface area contributed by atoms with Crippen molar-refractivity contribution < 1.29 is 47.7 Å². The summed E-state index contributed by atoms with van der Waals surface area (Å²) in [5, 5.41) is 18.9. The first kappa shape index (κ1) is 26.8. The summed E-state index contributed by atoms with van der Waals surface area (Å²) in [6, 6.07) is 0. The lowest BCUT2D eigenvalue weighted by Gasteiger charge is -2.18. The molecule has 16 heteroatoms. The molecule has 0 bridgehead atoms. The van der Waals surface area contributed by atoms with Crippen LogP contribution in [0.15, 0.2) is 12.7 Å². The van der Waals surface area contributed by atoms with E-state index in [2.05, 4.69) is 15.0 Å². The summed E-state index contributed by atoms with van der Waals surface area (Å²) in [7, 11) is -4.37. The number of aliphatic hydroxyl groups excluding tert-OH is 2. The van der Waals surface area contributed by atoms with Crippen LogP contribution in [-0.4, -0.2) is 106 Å². The van der Waals surface area contributed by atoms with E-state index in [-0.39, 0.29) is 51.9 Å². The zero-order valence-electron chi connectivity index (χ0n) is 18.5. The molecule has 1 saturated heterocycles. The van der Waals surface area contributed by atoms with Gasteiger partial charge in [-0.05, 0) is 0 Å². The van der Waals surface area contributed by atoms with Gasteiger partial charge < -0.3 is 39.8 Å². The van der Waals surface area contributed by atoms with E-state index >= 15 is 0 Å². The van der Waals surface area contributed by atoms with Crippen molar-refractivity contribution >= 4 is 24.8 Å². The molecule has 1 aliphatic heterocycles. The number of phosphoric acid groups is 1. The van der Waals surface area contributed by atoms with Crippen LogP contribution < -0.4 is 5.73 Å². The molecule has 1 fully saturated rings. The zero-order chi connectivity index (χ0) is 24.4. The van der Waals surface area contributed by atoms with E-state index in [9.17, 15) is 14.6 Å². The van der Waals surface area contributed by atoms with Crippen LogP contribution in [0.4, 0.5) is 5.82 Å². The van der Waals surface area contributed by atoms with Crippen LogP contribution in [0.5, 0.6) is 0 Å². The highest BCUT2D eigenvalue weighted by Gasteiger charge is 2.37. The second kappa shape index (κ2) is 13.3. The van der Waals surface area contributed by atoms with E-state index in [1.54, 1.807) is 4.57 Å². The molecule has 0 spiro atoms. The third kappa shape index (κ3) is 7.88. The third-order valence-electron chi connectivity index (χ3n) is 4.77. The Kier molecular flexibility index (Phi) is 10.5. The van der Waals surface area contributed by atoms with Crippen LogP contribution in [0.3, 0.4) is 0 Å². The van der Waals surface area contributed by atoms with Gasteiger partial charge in [0, 0.05) is 6.42 Å². The standard InChI is InChI=1S/C18H30N5O10P/c19-17-16-18(21-11-20-17)23(12-22-16)15-9-13(25)14(33-15)10-32-34(26,27)31-8-7-30-6-5-29-4-3-28-2-1-24/h11-15,24-25H,1-10H2,(H,26,27)(H2,19,20,21)/t13?,14-,15-/m1/s1. The van der Waals surface area contributed by atoms with Crippen molar-refractivity contribution in [3.05, 3.63) is 12.7 Å². The lowest BCUT2D eigenvalue weighted by atomic mass is 10.2. The molecule has 1 aliphatic rings. The molecule has 0 amide bonds. The monoisotopic (exact) mass is 507 g/mol. The Morgan fingerprint density at radius 1 is 1.06 bits per heavy atom. The number of fused-ring (bicyclic) bond motifs is 1. The molecule has 3 heterocycles. The highest BCUT2D eigenvalue weighted by Crippen LogP contribution is 2.44. The first-order chi connectivity index (χ1) is 16.4. The Hall–Kier alpha value is -1.78. The molecule has 15 nitrogen and oxygen atoms in total. The van der Waals surface area contributed by atoms with Gasteiger partial charge in [-0.25, -0.2) is 19.5 Å². The lowest BCUT2D eigenvalue weighted by Crippen LogP contribution is -2.26. The summed E-state index contributed by atoms with van der Waals surface area (Å²) in [6.07, 6.45) is 0.558. The van der Waals surface area contributed by atoms with Crippen molar-refractivity contribution in [3.63, 3.8) is 0 Å². The third-order valence-corrected chi connectivity index (χ3v) is 5.75. The zero-order valence-corrected chi connectivity index (χ0v) is 19.4. The van der Waals surface area contributed by atoms with Crippen LogP contribution in [0.25, 0.3) is 11.2 Å². The Labute approximate surface area is 195 Å². The predicted molar refractivity (Wildman–Crippen MR) is 116 cm³/mol. The number of aromatic nitrogens is 4. The van der Waals surface area contributed by atoms with Crippen molar-refractivity contribution in [2.75, 3.05) is 65.2 Å². The first-order valence-corrected chi connectivity index (χ1v) is 12.1. The molecule has 192 valence electrons. The van der Waals surface area contributed by atoms with Gasteiger partial charge in [0.25, 0.3) is 0 Å². The van der Waals surface area contributed by atoms with Crippen LogP contribution >= 0.6 is 7.82 Å². The van der Waals surface area contributed by atoms with E-state index in [0.29, 0.717) is 31.0 Å². The minimum atomic E-state index is -4.37. The number of aliphatic hydroxyl groups is 2. The Bertz CT molecular complexity index is 934. The highest BCUT2D eigenvalue weighted by molar-refractivity contribution is 7.47. The molecule has 2 aromatic heterocycles. The highest BCUT2D eigenvalue weighted by atomic mass is 31.2. The number of phosphoric ester groups is 1. The van der Waals surface area contributed by atoms with Crippen LogP contribution in [0.1, 0.15) is 12.6 Å². The minimum Gasteiger partial charge on any atom is -0.394 e. The van der Waals surface area contributed by atoms with E-state index in [1.807, 2.05) is 0 Å². The van der Waals surface area contributed by atoms with Crippen molar-refractivity contribution in [2.45, 2.75) is 24.9 Å². The summed E-state index contributed by atoms with van der Waals surface area (Å²) in [5.74, 6) is 0.223. The van der Waals surface area contributed by atoms with Crippen molar-refractivity contribution in [3.8, 4) is 0 Å². The molecule has 0 saturated carbocycles. The van der Waals surface area contributed by atoms with Gasteiger partial charge >= 0.3 is 7.82 Å². The van der Waals surface area contributed by atoms with E-state index < -0.39 is 26.3 Å². The summed E-state index contributed by atoms with van der Waals surface area (Å²) in [5.41, 5.74) is 6.64. The number of ether oxygens (including phenoxy) is 4. The summed E-state index contributed by atoms with van der Waals surface area (Å²) >= 11 is 0. The average Bonchev–Trinajstić information content (AvgIpc) is 3.40. The van der Waals surface area contributed by atoms with E-state index in [0.717, 1.165) is 0 Å². The number of nitrogens with two attached hydrogens (primary N) is 1. The minimum absolute atomic E-state index is 0.0367. The molecule has 34 heavy (non-hydrogen) atoms. The van der Waals surface area contributed by atoms with Gasteiger partial charge in [-0.3, -0.25) is 13.6 Å². The number of imidazole rings is 1. The van der Waals surface area contributed by atoms with Gasteiger partial charge in [0.1, 0.15) is 24.2 Å². The normalized spacial score (nSPS) is 22.4. The lowest BCUT2D eigenvalue weighted by molar-refractivity contribution is -0.0450. The second-order valence-electron chi connectivity index (χ2n) is 7.17. The molecule has 3 rings (SSSR count). The topological polar surface area (TPSA) is 203 Å². The van der Waals surface area contributed by atoms with E-state index in [4.69, 9.17) is 38.8 Å². The van der Waals surface area contributed by atoms with Crippen molar-refractivity contribution in [1.29, 1.82) is 0 Å². The number of nitrogen functional groups attached to an aromatic ring is 1. The predicted octanol–water partition coefficient (Wildman–Crippen LogP) is -0.767. The molecule has 0 aliphatic carbocycles. The summed E-state index contributed by atoms with van der Waals surface area (Å²) < 4.78 is 44.8. The smallest absolute Gasteiger partial charge is 0.394 e. The van der Waals surface area contributed by atoms with Gasteiger partial charge in [-0.1, -0.05) is 0 Å². The molecule has 2 aromatic rings. The summed E-state index contributed by atoms with van der Waals surface area (Å²) in [6.45, 7) is 1.08.